The third kappa shape index (κ3) is 4.33. The lowest BCUT2D eigenvalue weighted by Crippen LogP contribution is -2.40. The van der Waals surface area contributed by atoms with E-state index in [9.17, 15) is 0 Å². The number of nitrogens with zero attached hydrogens (tertiary/aromatic N) is 2. The maximum Gasteiger partial charge on any atom is 0.0995 e. The normalized spacial score (nSPS) is 20.0. The summed E-state index contributed by atoms with van der Waals surface area (Å²) in [6, 6.07) is 10.8. The van der Waals surface area contributed by atoms with Gasteiger partial charge < -0.3 is 5.32 Å². The highest BCUT2D eigenvalue weighted by atomic mass is 15.1. The molecule has 0 aromatic heterocycles. The second-order valence-electron chi connectivity index (χ2n) is 6.08. The average molecular weight is 271 g/mol. The standard InChI is InChI=1S/C17H25N3/c1-14(2)19-11-15-6-5-9-20(12-15)13-17-8-4-3-7-16(17)10-18/h3-4,7-8,14-15,19H,5-6,9,11-13H2,1-2H3. The van der Waals surface area contributed by atoms with Crippen molar-refractivity contribution in [1.82, 2.24) is 10.2 Å². The Hall–Kier alpha value is -1.37. The van der Waals surface area contributed by atoms with E-state index in [1.165, 1.54) is 12.8 Å². The molecule has 20 heavy (non-hydrogen) atoms. The van der Waals surface area contributed by atoms with E-state index >= 15 is 0 Å². The Bertz CT molecular complexity index is 462. The van der Waals surface area contributed by atoms with Gasteiger partial charge in [0.15, 0.2) is 0 Å². The molecule has 108 valence electrons. The zero-order valence-electron chi connectivity index (χ0n) is 12.6. The summed E-state index contributed by atoms with van der Waals surface area (Å²) in [7, 11) is 0. The number of piperidine rings is 1. The molecule has 2 rings (SSSR count). The molecular weight excluding hydrogens is 246 g/mol. The van der Waals surface area contributed by atoms with Crippen molar-refractivity contribution in [2.24, 2.45) is 5.92 Å². The minimum Gasteiger partial charge on any atom is -0.314 e. The summed E-state index contributed by atoms with van der Waals surface area (Å²) in [5.41, 5.74) is 1.97. The van der Waals surface area contributed by atoms with E-state index < -0.39 is 0 Å². The molecule has 1 heterocycles. The summed E-state index contributed by atoms with van der Waals surface area (Å²) >= 11 is 0. The Morgan fingerprint density at radius 2 is 2.20 bits per heavy atom. The monoisotopic (exact) mass is 271 g/mol. The highest BCUT2D eigenvalue weighted by molar-refractivity contribution is 5.37. The molecule has 3 heteroatoms. The molecule has 3 nitrogen and oxygen atoms in total. The van der Waals surface area contributed by atoms with Crippen molar-refractivity contribution in [3.63, 3.8) is 0 Å². The number of nitrogens with one attached hydrogen (secondary N) is 1. The van der Waals surface area contributed by atoms with Crippen LogP contribution in [-0.4, -0.2) is 30.6 Å². The van der Waals surface area contributed by atoms with Crippen LogP contribution >= 0.6 is 0 Å². The van der Waals surface area contributed by atoms with Crippen molar-refractivity contribution in [3.05, 3.63) is 35.4 Å². The first-order valence-electron chi connectivity index (χ1n) is 7.62. The van der Waals surface area contributed by atoms with Crippen LogP contribution in [0.4, 0.5) is 0 Å². The van der Waals surface area contributed by atoms with Crippen LogP contribution in [0.3, 0.4) is 0 Å². The van der Waals surface area contributed by atoms with Gasteiger partial charge in [0.2, 0.25) is 0 Å². The third-order valence-corrected chi connectivity index (χ3v) is 3.95. The van der Waals surface area contributed by atoms with Crippen molar-refractivity contribution in [2.45, 2.75) is 39.3 Å². The number of hydrogen-bond acceptors (Lipinski definition) is 3. The van der Waals surface area contributed by atoms with E-state index in [2.05, 4.69) is 36.2 Å². The van der Waals surface area contributed by atoms with E-state index in [1.54, 1.807) is 0 Å². The van der Waals surface area contributed by atoms with Crippen LogP contribution in [0, 0.1) is 17.2 Å². The van der Waals surface area contributed by atoms with Crippen LogP contribution in [-0.2, 0) is 6.54 Å². The van der Waals surface area contributed by atoms with E-state index in [0.29, 0.717) is 6.04 Å². The Kier molecular flexibility index (Phi) is 5.58. The summed E-state index contributed by atoms with van der Waals surface area (Å²) in [5, 5.41) is 12.7. The van der Waals surface area contributed by atoms with E-state index in [0.717, 1.165) is 43.2 Å². The molecule has 1 unspecified atom stereocenters. The highest BCUT2D eigenvalue weighted by Crippen LogP contribution is 2.19. The zero-order chi connectivity index (χ0) is 14.4. The second-order valence-corrected chi connectivity index (χ2v) is 6.08. The number of benzene rings is 1. The van der Waals surface area contributed by atoms with Gasteiger partial charge in [0.1, 0.15) is 0 Å². The molecule has 1 aromatic carbocycles. The maximum absolute atomic E-state index is 9.17. The predicted octanol–water partition coefficient (Wildman–Crippen LogP) is 2.77. The molecular formula is C17H25N3. The van der Waals surface area contributed by atoms with Crippen LogP contribution < -0.4 is 5.32 Å². The smallest absolute Gasteiger partial charge is 0.0995 e. The molecule has 0 amide bonds. The van der Waals surface area contributed by atoms with E-state index in [4.69, 9.17) is 5.26 Å². The fourth-order valence-electron chi connectivity index (χ4n) is 2.87. The van der Waals surface area contributed by atoms with E-state index in [1.807, 2.05) is 18.2 Å². The molecule has 1 N–H and O–H groups in total. The van der Waals surface area contributed by atoms with Gasteiger partial charge in [0.05, 0.1) is 11.6 Å². The SMILES string of the molecule is CC(C)NCC1CCCN(Cc2ccccc2C#N)C1. The Labute approximate surface area is 122 Å². The van der Waals surface area contributed by atoms with Gasteiger partial charge >= 0.3 is 0 Å². The quantitative estimate of drug-likeness (QED) is 0.895. The van der Waals surface area contributed by atoms with Gasteiger partial charge in [0.25, 0.3) is 0 Å². The van der Waals surface area contributed by atoms with Crippen LogP contribution in [0.5, 0.6) is 0 Å². The lowest BCUT2D eigenvalue weighted by molar-refractivity contribution is 0.164. The van der Waals surface area contributed by atoms with Crippen LogP contribution in [0.1, 0.15) is 37.8 Å². The molecule has 1 aliphatic rings. The first-order valence-corrected chi connectivity index (χ1v) is 7.62. The van der Waals surface area contributed by atoms with Gasteiger partial charge in [-0.2, -0.15) is 5.26 Å². The largest absolute Gasteiger partial charge is 0.314 e. The number of nitriles is 1. The molecule has 0 radical (unpaired) electrons. The maximum atomic E-state index is 9.17. The lowest BCUT2D eigenvalue weighted by atomic mass is 9.96. The molecule has 0 aliphatic carbocycles. The van der Waals surface area contributed by atoms with Gasteiger partial charge in [0, 0.05) is 19.1 Å². The van der Waals surface area contributed by atoms with Crippen molar-refractivity contribution >= 4 is 0 Å². The fraction of sp³-hybridized carbons (Fsp3) is 0.588. The van der Waals surface area contributed by atoms with Crippen molar-refractivity contribution in [3.8, 4) is 6.07 Å². The predicted molar refractivity (Wildman–Crippen MR) is 82.3 cm³/mol. The lowest BCUT2D eigenvalue weighted by Gasteiger charge is -2.33. The first kappa shape index (κ1) is 15.0. The molecule has 1 atom stereocenters. The number of hydrogen-bond donors (Lipinski definition) is 1. The molecule has 1 aliphatic heterocycles. The van der Waals surface area contributed by atoms with Gasteiger partial charge in [-0.05, 0) is 43.5 Å². The molecule has 1 aromatic rings. The van der Waals surface area contributed by atoms with Crippen molar-refractivity contribution in [1.29, 1.82) is 5.26 Å². The van der Waals surface area contributed by atoms with Gasteiger partial charge in [-0.25, -0.2) is 0 Å². The van der Waals surface area contributed by atoms with Crippen LogP contribution in [0.15, 0.2) is 24.3 Å². The Balaban J connectivity index is 1.91. The van der Waals surface area contributed by atoms with Crippen LogP contribution in [0.2, 0.25) is 0 Å². The van der Waals surface area contributed by atoms with Crippen molar-refractivity contribution in [2.75, 3.05) is 19.6 Å². The molecule has 1 saturated heterocycles. The average Bonchev–Trinajstić information content (AvgIpc) is 2.46. The minimum absolute atomic E-state index is 0.560. The zero-order valence-corrected chi connectivity index (χ0v) is 12.6. The summed E-state index contributed by atoms with van der Waals surface area (Å²) in [6.07, 6.45) is 2.58. The van der Waals surface area contributed by atoms with Gasteiger partial charge in [-0.15, -0.1) is 0 Å². The van der Waals surface area contributed by atoms with Gasteiger partial charge in [-0.1, -0.05) is 32.0 Å². The topological polar surface area (TPSA) is 39.1 Å². The second kappa shape index (κ2) is 7.42. The summed E-state index contributed by atoms with van der Waals surface area (Å²) < 4.78 is 0. The molecule has 0 spiro atoms. The Morgan fingerprint density at radius 1 is 1.40 bits per heavy atom. The highest BCUT2D eigenvalue weighted by Gasteiger charge is 2.20. The summed E-state index contributed by atoms with van der Waals surface area (Å²) in [6.45, 7) is 8.70. The molecule has 0 saturated carbocycles. The van der Waals surface area contributed by atoms with Crippen LogP contribution in [0.25, 0.3) is 0 Å². The van der Waals surface area contributed by atoms with Gasteiger partial charge in [-0.3, -0.25) is 4.90 Å². The summed E-state index contributed by atoms with van der Waals surface area (Å²) in [5.74, 6) is 0.736. The fourth-order valence-corrected chi connectivity index (χ4v) is 2.87. The minimum atomic E-state index is 0.560. The van der Waals surface area contributed by atoms with E-state index in [-0.39, 0.29) is 0 Å². The molecule has 0 bridgehead atoms. The number of rotatable bonds is 5. The number of likely N-dealkylation sites (tertiary alicyclic amines) is 1. The van der Waals surface area contributed by atoms with Crippen molar-refractivity contribution < 1.29 is 0 Å². The summed E-state index contributed by atoms with van der Waals surface area (Å²) in [4.78, 5) is 2.49. The first-order chi connectivity index (χ1) is 9.69. The Morgan fingerprint density at radius 3 is 2.95 bits per heavy atom. The molecule has 1 fully saturated rings. The third-order valence-electron chi connectivity index (χ3n) is 3.95.